The molecule has 12 nitrogen and oxygen atoms in total. The molecule has 0 aliphatic heterocycles. The Morgan fingerprint density at radius 2 is 1.59 bits per heavy atom. The van der Waals surface area contributed by atoms with E-state index >= 15 is 0 Å². The SMILES string of the molecule is CCCCCCOc1cc([N+](=O)[O-])c(C(C)O)c(SSC2(OC)C=C(C(C)O)C([N+](=O)[O-])=CC2OCCCCCC)c1OC. The van der Waals surface area contributed by atoms with Crippen LogP contribution in [0.1, 0.15) is 90.7 Å². The normalized spacial score (nSPS) is 19.6. The highest BCUT2D eigenvalue weighted by Gasteiger charge is 2.46. The summed E-state index contributed by atoms with van der Waals surface area (Å²) in [5.41, 5.74) is -0.535. The lowest BCUT2D eigenvalue weighted by Gasteiger charge is -2.37. The Balaban J connectivity index is 2.61. The Labute approximate surface area is 267 Å². The molecule has 2 rings (SSSR count). The molecule has 248 valence electrons. The van der Waals surface area contributed by atoms with E-state index in [4.69, 9.17) is 18.9 Å². The van der Waals surface area contributed by atoms with Crippen LogP contribution in [0.3, 0.4) is 0 Å². The van der Waals surface area contributed by atoms with Crippen molar-refractivity contribution in [3.63, 3.8) is 0 Å². The zero-order valence-electron chi connectivity index (χ0n) is 26.4. The highest BCUT2D eigenvalue weighted by atomic mass is 33.1. The minimum Gasteiger partial charge on any atom is -0.492 e. The van der Waals surface area contributed by atoms with Crippen molar-refractivity contribution in [2.24, 2.45) is 0 Å². The lowest BCUT2D eigenvalue weighted by atomic mass is 9.95. The summed E-state index contributed by atoms with van der Waals surface area (Å²) in [5, 5.41) is 45.3. The number of ether oxygens (including phenoxy) is 4. The molecule has 1 aliphatic carbocycles. The lowest BCUT2D eigenvalue weighted by molar-refractivity contribution is -0.423. The first-order chi connectivity index (χ1) is 21.0. The van der Waals surface area contributed by atoms with Crippen molar-refractivity contribution < 1.29 is 39.0 Å². The topological polar surface area (TPSA) is 164 Å². The number of aliphatic hydroxyl groups excluding tert-OH is 2. The third-order valence-electron chi connectivity index (χ3n) is 7.17. The average Bonchev–Trinajstić information content (AvgIpc) is 2.98. The first-order valence-electron chi connectivity index (χ1n) is 15.0. The standard InChI is InChI=1S/C30H46N2O10S2/c1-7-9-11-13-15-41-25-17-24(32(37)38)27(21(4)34)29(28(25)39-5)43-44-30(40-6)19-22(20(3)33)23(31(35)36)18-26(30)42-16-14-12-10-8-2/h17-21,26,33-34H,7-16H2,1-6H3. The van der Waals surface area contributed by atoms with Gasteiger partial charge in [-0.1, -0.05) is 52.4 Å². The molecule has 0 heterocycles. The number of methoxy groups -OCH3 is 2. The van der Waals surface area contributed by atoms with Crippen LogP contribution in [0, 0.1) is 20.2 Å². The van der Waals surface area contributed by atoms with Gasteiger partial charge in [0.1, 0.15) is 6.10 Å². The summed E-state index contributed by atoms with van der Waals surface area (Å²) in [7, 11) is 4.96. The van der Waals surface area contributed by atoms with Crippen LogP contribution in [0.4, 0.5) is 5.69 Å². The number of nitrogens with zero attached hydrogens (tertiary/aromatic N) is 2. The third kappa shape index (κ3) is 9.82. The van der Waals surface area contributed by atoms with Gasteiger partial charge < -0.3 is 29.2 Å². The summed E-state index contributed by atoms with van der Waals surface area (Å²) < 4.78 is 23.8. The van der Waals surface area contributed by atoms with Gasteiger partial charge in [0.15, 0.2) is 16.4 Å². The fraction of sp³-hybridized carbons (Fsp3) is 0.667. The Morgan fingerprint density at radius 3 is 2.09 bits per heavy atom. The number of hydrogen-bond donors (Lipinski definition) is 2. The van der Waals surface area contributed by atoms with Gasteiger partial charge in [0, 0.05) is 19.8 Å². The molecule has 0 aromatic heterocycles. The molecule has 1 aromatic carbocycles. The molecule has 4 atom stereocenters. The molecule has 44 heavy (non-hydrogen) atoms. The summed E-state index contributed by atoms with van der Waals surface area (Å²) in [6, 6.07) is 1.27. The van der Waals surface area contributed by atoms with E-state index in [-0.39, 0.29) is 38.9 Å². The van der Waals surface area contributed by atoms with Crippen molar-refractivity contribution in [1.82, 2.24) is 0 Å². The smallest absolute Gasteiger partial charge is 0.280 e. The number of rotatable bonds is 21. The van der Waals surface area contributed by atoms with Gasteiger partial charge in [-0.05, 0) is 54.4 Å². The molecule has 0 bridgehead atoms. The number of nitro groups is 2. The summed E-state index contributed by atoms with van der Waals surface area (Å²) in [6.45, 7) is 7.67. The summed E-state index contributed by atoms with van der Waals surface area (Å²) in [6.07, 6.45) is 6.93. The highest BCUT2D eigenvalue weighted by Crippen LogP contribution is 2.55. The van der Waals surface area contributed by atoms with Crippen LogP contribution in [0.2, 0.25) is 0 Å². The van der Waals surface area contributed by atoms with Crippen LogP contribution in [0.5, 0.6) is 11.5 Å². The van der Waals surface area contributed by atoms with Gasteiger partial charge in [-0.15, -0.1) is 0 Å². The van der Waals surface area contributed by atoms with Crippen LogP contribution in [0.25, 0.3) is 0 Å². The number of hydrogen-bond acceptors (Lipinski definition) is 12. The van der Waals surface area contributed by atoms with Crippen LogP contribution in [-0.4, -0.2) is 64.6 Å². The van der Waals surface area contributed by atoms with Gasteiger partial charge >= 0.3 is 0 Å². The number of benzene rings is 1. The van der Waals surface area contributed by atoms with Gasteiger partial charge in [0.2, 0.25) is 0 Å². The molecule has 0 amide bonds. The summed E-state index contributed by atoms with van der Waals surface area (Å²) in [4.78, 5) is 21.8. The second-order valence-corrected chi connectivity index (χ2v) is 12.9. The van der Waals surface area contributed by atoms with Crippen molar-refractivity contribution in [3.8, 4) is 11.5 Å². The summed E-state index contributed by atoms with van der Waals surface area (Å²) in [5.74, 6) is 0.373. The van der Waals surface area contributed by atoms with Gasteiger partial charge in [0.25, 0.3) is 11.4 Å². The second kappa shape index (κ2) is 18.6. The van der Waals surface area contributed by atoms with Crippen molar-refractivity contribution in [3.05, 3.63) is 55.3 Å². The van der Waals surface area contributed by atoms with Crippen molar-refractivity contribution >= 4 is 27.3 Å². The minimum atomic E-state index is -1.39. The molecule has 2 N–H and O–H groups in total. The quantitative estimate of drug-likeness (QED) is 0.0451. The molecular formula is C30H46N2O10S2. The molecule has 14 heteroatoms. The minimum absolute atomic E-state index is 0.0306. The van der Waals surface area contributed by atoms with Crippen LogP contribution >= 0.6 is 21.6 Å². The molecule has 0 fully saturated rings. The van der Waals surface area contributed by atoms with E-state index in [1.807, 2.05) is 0 Å². The van der Waals surface area contributed by atoms with Crippen molar-refractivity contribution in [1.29, 1.82) is 0 Å². The lowest BCUT2D eigenvalue weighted by Crippen LogP contribution is -2.43. The number of unbranched alkanes of at least 4 members (excludes halogenated alkanes) is 6. The molecule has 1 aliphatic rings. The largest absolute Gasteiger partial charge is 0.492 e. The Kier molecular flexibility index (Phi) is 16.0. The zero-order valence-corrected chi connectivity index (χ0v) is 28.0. The van der Waals surface area contributed by atoms with E-state index in [9.17, 15) is 30.4 Å². The Morgan fingerprint density at radius 1 is 0.955 bits per heavy atom. The maximum atomic E-state index is 12.2. The molecule has 0 spiro atoms. The monoisotopic (exact) mass is 658 g/mol. The maximum Gasteiger partial charge on any atom is 0.280 e. The second-order valence-electron chi connectivity index (χ2n) is 10.5. The van der Waals surface area contributed by atoms with E-state index in [1.165, 1.54) is 46.3 Å². The molecular weight excluding hydrogens is 612 g/mol. The third-order valence-corrected chi connectivity index (χ3v) is 10.1. The van der Waals surface area contributed by atoms with Crippen LogP contribution < -0.4 is 9.47 Å². The molecule has 0 saturated carbocycles. The first kappa shape index (κ1) is 37.8. The van der Waals surface area contributed by atoms with E-state index in [0.29, 0.717) is 13.2 Å². The number of aliphatic hydroxyl groups is 2. The van der Waals surface area contributed by atoms with E-state index in [1.54, 1.807) is 0 Å². The summed E-state index contributed by atoms with van der Waals surface area (Å²) >= 11 is 0. The predicted octanol–water partition coefficient (Wildman–Crippen LogP) is 7.15. The Hall–Kier alpha value is -2.36. The van der Waals surface area contributed by atoms with Crippen LogP contribution in [-0.2, 0) is 9.47 Å². The fourth-order valence-electron chi connectivity index (χ4n) is 4.79. The maximum absolute atomic E-state index is 12.2. The van der Waals surface area contributed by atoms with Gasteiger partial charge in [0.05, 0.1) is 57.9 Å². The highest BCUT2D eigenvalue weighted by molar-refractivity contribution is 8.77. The van der Waals surface area contributed by atoms with Gasteiger partial charge in [-0.3, -0.25) is 20.2 Å². The van der Waals surface area contributed by atoms with Crippen molar-refractivity contribution in [2.75, 3.05) is 27.4 Å². The molecule has 1 aromatic rings. The van der Waals surface area contributed by atoms with E-state index in [0.717, 1.165) is 73.0 Å². The first-order valence-corrected chi connectivity index (χ1v) is 17.1. The molecule has 0 radical (unpaired) electrons. The van der Waals surface area contributed by atoms with Gasteiger partial charge in [-0.2, -0.15) is 0 Å². The Bertz CT molecular complexity index is 1170. The van der Waals surface area contributed by atoms with Gasteiger partial charge in [-0.25, -0.2) is 0 Å². The van der Waals surface area contributed by atoms with E-state index < -0.39 is 33.1 Å². The number of nitro benzene ring substituents is 1. The predicted molar refractivity (Wildman–Crippen MR) is 172 cm³/mol. The van der Waals surface area contributed by atoms with E-state index in [2.05, 4.69) is 13.8 Å². The van der Waals surface area contributed by atoms with Crippen molar-refractivity contribution in [2.45, 2.75) is 107 Å². The van der Waals surface area contributed by atoms with Crippen LogP contribution in [0.15, 0.2) is 34.4 Å². The molecule has 0 saturated heterocycles. The molecule has 4 unspecified atom stereocenters. The fourth-order valence-corrected chi connectivity index (χ4v) is 7.87. The average molecular weight is 659 g/mol. The zero-order chi connectivity index (χ0) is 32.9.